The number of β-lactam (4-membered cyclic amide) rings is 1. The number of imide groups is 1. The number of carbonyl (C=O) groups excluding carboxylic acids is 3. The van der Waals surface area contributed by atoms with Gasteiger partial charge in [0, 0.05) is 12.5 Å². The average Bonchev–Trinajstić information content (AvgIpc) is 3.11. The van der Waals surface area contributed by atoms with Gasteiger partial charge in [0.1, 0.15) is 24.5 Å². The number of amides is 3. The Morgan fingerprint density at radius 1 is 0.787 bits per heavy atom. The molecule has 1 N–H and O–H groups in total. The molecule has 0 aliphatic carbocycles. The van der Waals surface area contributed by atoms with Crippen molar-refractivity contribution in [2.75, 3.05) is 13.3 Å². The fourth-order valence-corrected chi connectivity index (χ4v) is 6.04. The normalized spacial score (nSPS) is 15.2. The van der Waals surface area contributed by atoms with Gasteiger partial charge < -0.3 is 19.5 Å². The van der Waals surface area contributed by atoms with Gasteiger partial charge in [-0.05, 0) is 53.6 Å². The highest BCUT2D eigenvalue weighted by atomic mass is 16.5. The van der Waals surface area contributed by atoms with Crippen LogP contribution in [0, 0.1) is 5.41 Å². The van der Waals surface area contributed by atoms with Crippen molar-refractivity contribution >= 4 is 17.9 Å². The number of urea groups is 1. The van der Waals surface area contributed by atoms with Gasteiger partial charge in [-0.25, -0.2) is 9.69 Å². The maximum atomic E-state index is 13.3. The maximum Gasteiger partial charge on any atom is 0.328 e. The number of nitrogens with one attached hydrogen (secondary N) is 1. The fraction of sp³-hybridized carbons (Fsp3) is 0.308. The van der Waals surface area contributed by atoms with E-state index in [1.807, 2.05) is 80.6 Å². The quantitative estimate of drug-likeness (QED) is 0.0642. The molecule has 0 bridgehead atoms. The Morgan fingerprint density at radius 2 is 1.36 bits per heavy atom. The van der Waals surface area contributed by atoms with Crippen LogP contribution in [-0.4, -0.2) is 42.4 Å². The smallest absolute Gasteiger partial charge is 0.328 e. The Labute approximate surface area is 276 Å². The van der Waals surface area contributed by atoms with E-state index in [2.05, 4.69) is 29.6 Å². The van der Waals surface area contributed by atoms with E-state index in [-0.39, 0.29) is 37.6 Å². The molecular weight excluding hydrogens is 592 g/mol. The molecule has 0 radical (unpaired) electrons. The Bertz CT molecular complexity index is 1550. The van der Waals surface area contributed by atoms with E-state index < -0.39 is 17.7 Å². The first-order valence-corrected chi connectivity index (χ1v) is 16.2. The van der Waals surface area contributed by atoms with Crippen molar-refractivity contribution in [2.24, 2.45) is 5.41 Å². The summed E-state index contributed by atoms with van der Waals surface area (Å²) >= 11 is 0. The lowest BCUT2D eigenvalue weighted by Gasteiger charge is -2.53. The van der Waals surface area contributed by atoms with Gasteiger partial charge in [-0.2, -0.15) is 0 Å². The number of ether oxygens (including phenoxy) is 3. The van der Waals surface area contributed by atoms with Crippen LogP contribution in [-0.2, 0) is 32.1 Å². The maximum absolute atomic E-state index is 13.3. The van der Waals surface area contributed by atoms with Crippen molar-refractivity contribution in [1.29, 1.82) is 0 Å². The topological polar surface area (TPSA) is 94.2 Å². The molecule has 4 aromatic carbocycles. The van der Waals surface area contributed by atoms with Crippen molar-refractivity contribution in [1.82, 2.24) is 10.2 Å². The molecule has 1 heterocycles. The first kappa shape index (κ1) is 33.4. The lowest BCUT2D eigenvalue weighted by Crippen LogP contribution is -2.73. The molecule has 4 aromatic rings. The predicted molar refractivity (Wildman–Crippen MR) is 179 cm³/mol. The van der Waals surface area contributed by atoms with Crippen LogP contribution in [0.5, 0.6) is 5.75 Å². The minimum atomic E-state index is -0.809. The van der Waals surface area contributed by atoms with Crippen LogP contribution in [0.4, 0.5) is 4.79 Å². The lowest BCUT2D eigenvalue weighted by atomic mass is 9.72. The molecule has 0 saturated carbocycles. The molecule has 1 atom stereocenters. The molecule has 47 heavy (non-hydrogen) atoms. The second-order valence-electron chi connectivity index (χ2n) is 11.7. The highest BCUT2D eigenvalue weighted by molar-refractivity contribution is 6.03. The number of hydrogen-bond donors (Lipinski definition) is 1. The highest BCUT2D eigenvalue weighted by Gasteiger charge is 2.62. The molecule has 1 saturated heterocycles. The number of esters is 1. The van der Waals surface area contributed by atoms with Crippen molar-refractivity contribution in [3.8, 4) is 5.75 Å². The molecule has 1 aliphatic rings. The first-order chi connectivity index (χ1) is 22.9. The highest BCUT2D eigenvalue weighted by Crippen LogP contribution is 2.46. The Kier molecular flexibility index (Phi) is 11.4. The molecule has 1 aliphatic heterocycles. The zero-order valence-corrected chi connectivity index (χ0v) is 27.0. The monoisotopic (exact) mass is 634 g/mol. The number of benzene rings is 4. The van der Waals surface area contributed by atoms with Crippen LogP contribution in [0.3, 0.4) is 0 Å². The van der Waals surface area contributed by atoms with E-state index in [4.69, 9.17) is 14.2 Å². The van der Waals surface area contributed by atoms with E-state index in [0.29, 0.717) is 25.2 Å². The number of likely N-dealkylation sites (tertiary alicyclic amines) is 1. The van der Waals surface area contributed by atoms with Crippen LogP contribution in [0.25, 0.3) is 0 Å². The van der Waals surface area contributed by atoms with E-state index in [1.165, 1.54) is 11.1 Å². The van der Waals surface area contributed by atoms with Crippen molar-refractivity contribution in [2.45, 2.75) is 58.3 Å². The Morgan fingerprint density at radius 3 is 1.94 bits per heavy atom. The SMILES string of the molecule is CCC1(CC)C(=O)N(C(=O)NCOCCC(c2ccccc2)c2ccccc2)C1Oc1ccc(CC(=O)OCc2ccccc2)cc1. The van der Waals surface area contributed by atoms with E-state index in [1.54, 1.807) is 24.3 Å². The van der Waals surface area contributed by atoms with Gasteiger partial charge in [-0.3, -0.25) is 9.59 Å². The molecule has 0 aromatic heterocycles. The van der Waals surface area contributed by atoms with Gasteiger partial charge in [-0.1, -0.05) is 117 Å². The third-order valence-corrected chi connectivity index (χ3v) is 8.87. The van der Waals surface area contributed by atoms with Crippen LogP contribution >= 0.6 is 0 Å². The number of nitrogens with zero attached hydrogens (tertiary/aromatic N) is 1. The first-order valence-electron chi connectivity index (χ1n) is 16.2. The van der Waals surface area contributed by atoms with Crippen LogP contribution in [0.1, 0.15) is 61.3 Å². The lowest BCUT2D eigenvalue weighted by molar-refractivity contribution is -0.191. The summed E-state index contributed by atoms with van der Waals surface area (Å²) in [6.45, 7) is 4.46. The molecule has 1 unspecified atom stereocenters. The third kappa shape index (κ3) is 8.07. The van der Waals surface area contributed by atoms with E-state index >= 15 is 0 Å². The summed E-state index contributed by atoms with van der Waals surface area (Å²) in [5.74, 6) is 0.0563. The molecular formula is C39H42N2O6. The van der Waals surface area contributed by atoms with Crippen molar-refractivity contribution in [3.63, 3.8) is 0 Å². The summed E-state index contributed by atoms with van der Waals surface area (Å²) in [5.41, 5.74) is 3.28. The summed E-state index contributed by atoms with van der Waals surface area (Å²) in [5, 5.41) is 2.74. The minimum Gasteiger partial charge on any atom is -0.469 e. The van der Waals surface area contributed by atoms with Gasteiger partial charge >= 0.3 is 12.0 Å². The second-order valence-corrected chi connectivity index (χ2v) is 11.7. The molecule has 5 rings (SSSR count). The zero-order valence-electron chi connectivity index (χ0n) is 27.0. The Balaban J connectivity index is 1.14. The third-order valence-electron chi connectivity index (χ3n) is 8.87. The van der Waals surface area contributed by atoms with E-state index in [0.717, 1.165) is 22.4 Å². The number of carbonyl (C=O) groups is 3. The average molecular weight is 635 g/mol. The van der Waals surface area contributed by atoms with Crippen LogP contribution < -0.4 is 10.1 Å². The van der Waals surface area contributed by atoms with Gasteiger partial charge in [0.25, 0.3) is 0 Å². The summed E-state index contributed by atoms with van der Waals surface area (Å²) in [6.07, 6.45) is 1.13. The largest absolute Gasteiger partial charge is 0.469 e. The molecule has 244 valence electrons. The summed E-state index contributed by atoms with van der Waals surface area (Å²) in [4.78, 5) is 40.0. The minimum absolute atomic E-state index is 0.0358. The predicted octanol–water partition coefficient (Wildman–Crippen LogP) is 7.23. The van der Waals surface area contributed by atoms with Crippen LogP contribution in [0.2, 0.25) is 0 Å². The van der Waals surface area contributed by atoms with Gasteiger partial charge in [0.05, 0.1) is 6.42 Å². The second kappa shape index (κ2) is 16.1. The number of hydrogen-bond acceptors (Lipinski definition) is 6. The molecule has 8 nitrogen and oxygen atoms in total. The van der Waals surface area contributed by atoms with Gasteiger partial charge in [0.15, 0.2) is 6.23 Å². The molecule has 0 spiro atoms. The fourth-order valence-electron chi connectivity index (χ4n) is 6.04. The van der Waals surface area contributed by atoms with E-state index in [9.17, 15) is 14.4 Å². The number of rotatable bonds is 15. The molecule has 3 amide bonds. The summed E-state index contributed by atoms with van der Waals surface area (Å²) in [7, 11) is 0. The summed E-state index contributed by atoms with van der Waals surface area (Å²) < 4.78 is 17.5. The van der Waals surface area contributed by atoms with Gasteiger partial charge in [0.2, 0.25) is 5.91 Å². The molecule has 8 heteroatoms. The van der Waals surface area contributed by atoms with Gasteiger partial charge in [-0.15, -0.1) is 0 Å². The standard InChI is InChI=1S/C39H42N2O6/c1-3-39(4-2)36(43)41(37(39)47-33-22-20-29(21-23-33)26-35(42)46-27-30-14-8-5-9-15-30)38(44)40-28-45-25-24-34(31-16-10-6-11-17-31)32-18-12-7-13-19-32/h5-23,34,37H,3-4,24-28H2,1-2H3,(H,40,44). The van der Waals surface area contributed by atoms with Crippen LogP contribution in [0.15, 0.2) is 115 Å². The van der Waals surface area contributed by atoms with Crippen molar-refractivity contribution < 1.29 is 28.6 Å². The zero-order chi connectivity index (χ0) is 33.1. The Hall–Kier alpha value is -4.95. The molecule has 1 fully saturated rings. The summed E-state index contributed by atoms with van der Waals surface area (Å²) in [6, 6.07) is 36.6. The van der Waals surface area contributed by atoms with Crippen molar-refractivity contribution in [3.05, 3.63) is 138 Å².